The number of benzene rings is 1. The van der Waals surface area contributed by atoms with Gasteiger partial charge in [-0.1, -0.05) is 49.4 Å². The van der Waals surface area contributed by atoms with Crippen LogP contribution in [0.4, 0.5) is 0 Å². The molecule has 186 valence electrons. The molecule has 0 saturated carbocycles. The summed E-state index contributed by atoms with van der Waals surface area (Å²) >= 11 is 7.90. The molecule has 1 amide bonds. The van der Waals surface area contributed by atoms with Gasteiger partial charge in [0.15, 0.2) is 5.78 Å². The number of allylic oxidation sites excluding steroid dienone is 3. The summed E-state index contributed by atoms with van der Waals surface area (Å²) in [6, 6.07) is 11.4. The van der Waals surface area contributed by atoms with Crippen molar-refractivity contribution in [3.05, 3.63) is 101 Å². The van der Waals surface area contributed by atoms with Crippen LogP contribution in [0.2, 0.25) is 5.02 Å². The number of hydrogen-bond acceptors (Lipinski definition) is 5. The topological polar surface area (TPSA) is 68.3 Å². The number of carbonyl (C=O) groups is 2. The molecular weight excluding hydrogens is 492 g/mol. The Balaban J connectivity index is 0.000000538. The average Bonchev–Trinajstić information content (AvgIpc) is 3.54. The van der Waals surface area contributed by atoms with Gasteiger partial charge in [-0.25, -0.2) is 0 Å². The molecule has 0 aliphatic carbocycles. The maximum atomic E-state index is 12.1. The third-order valence-corrected chi connectivity index (χ3v) is 6.73. The molecule has 1 aliphatic heterocycles. The van der Waals surface area contributed by atoms with E-state index in [2.05, 4.69) is 29.9 Å². The lowest BCUT2D eigenvalue weighted by atomic mass is 10.1. The predicted octanol–water partition coefficient (Wildman–Crippen LogP) is 6.94. The molecule has 3 aromatic rings. The van der Waals surface area contributed by atoms with Gasteiger partial charge < -0.3 is 10.1 Å². The van der Waals surface area contributed by atoms with Crippen LogP contribution in [0.3, 0.4) is 0 Å². The fraction of sp³-hybridized carbons (Fsp3) is 0.207. The van der Waals surface area contributed by atoms with Gasteiger partial charge in [0.1, 0.15) is 11.9 Å². The van der Waals surface area contributed by atoms with Gasteiger partial charge in [0, 0.05) is 35.3 Å². The van der Waals surface area contributed by atoms with Crippen LogP contribution in [0.5, 0.6) is 5.75 Å². The molecule has 1 unspecified atom stereocenters. The number of carbonyl (C=O) groups excluding carboxylic acids is 2. The molecule has 7 heteroatoms. The van der Waals surface area contributed by atoms with Crippen molar-refractivity contribution in [2.24, 2.45) is 0 Å². The fourth-order valence-corrected chi connectivity index (χ4v) is 4.65. The molecule has 4 rings (SSSR count). The van der Waals surface area contributed by atoms with Crippen LogP contribution >= 0.6 is 22.9 Å². The Morgan fingerprint density at radius 1 is 1.31 bits per heavy atom. The van der Waals surface area contributed by atoms with Gasteiger partial charge in [-0.2, -0.15) is 0 Å². The van der Waals surface area contributed by atoms with Crippen LogP contribution in [0.15, 0.2) is 79.7 Å². The number of thiophene rings is 1. The number of Topliss-reactive ketones (excluding diaryl/α,β-unsaturated/α-hetero) is 1. The van der Waals surface area contributed by atoms with Gasteiger partial charge in [-0.3, -0.25) is 14.6 Å². The molecule has 5 nitrogen and oxygen atoms in total. The first-order valence-electron chi connectivity index (χ1n) is 11.6. The van der Waals surface area contributed by atoms with E-state index in [4.69, 9.17) is 16.3 Å². The summed E-state index contributed by atoms with van der Waals surface area (Å²) < 4.78 is 5.95. The Labute approximate surface area is 221 Å². The first-order chi connectivity index (χ1) is 17.4. The maximum absolute atomic E-state index is 12.1. The summed E-state index contributed by atoms with van der Waals surface area (Å²) in [5, 5.41) is 3.39. The number of hydrogen-bond donors (Lipinski definition) is 1. The lowest BCUT2D eigenvalue weighted by molar-refractivity contribution is -0.116. The average molecular weight is 521 g/mol. The zero-order valence-corrected chi connectivity index (χ0v) is 21.9. The van der Waals surface area contributed by atoms with Gasteiger partial charge in [0.05, 0.1) is 16.4 Å². The zero-order valence-electron chi connectivity index (χ0n) is 20.4. The Bertz CT molecular complexity index is 1260. The van der Waals surface area contributed by atoms with Crippen LogP contribution in [0.25, 0.3) is 16.5 Å². The van der Waals surface area contributed by atoms with Crippen molar-refractivity contribution in [2.45, 2.75) is 32.8 Å². The monoisotopic (exact) mass is 520 g/mol. The van der Waals surface area contributed by atoms with E-state index in [9.17, 15) is 9.59 Å². The third kappa shape index (κ3) is 7.77. The van der Waals surface area contributed by atoms with Crippen LogP contribution in [0.1, 0.15) is 41.1 Å². The smallest absolute Gasteiger partial charge is 0.244 e. The van der Waals surface area contributed by atoms with E-state index in [-0.39, 0.29) is 17.8 Å². The Morgan fingerprint density at radius 3 is 2.78 bits per heavy atom. The number of rotatable bonds is 8. The van der Waals surface area contributed by atoms with E-state index >= 15 is 0 Å². The van der Waals surface area contributed by atoms with Crippen molar-refractivity contribution in [1.29, 1.82) is 0 Å². The number of halogens is 1. The summed E-state index contributed by atoms with van der Waals surface area (Å²) in [4.78, 5) is 29.4. The van der Waals surface area contributed by atoms with Crippen LogP contribution < -0.4 is 10.1 Å². The van der Waals surface area contributed by atoms with E-state index in [1.54, 1.807) is 31.5 Å². The van der Waals surface area contributed by atoms with Crippen molar-refractivity contribution >= 4 is 40.7 Å². The molecule has 2 aromatic heterocycles. The highest BCUT2D eigenvalue weighted by Gasteiger charge is 2.26. The van der Waals surface area contributed by atoms with Gasteiger partial charge in [0.2, 0.25) is 5.91 Å². The summed E-state index contributed by atoms with van der Waals surface area (Å²) in [7, 11) is 0. The number of nitrogens with zero attached hydrogens (tertiary/aromatic N) is 1. The number of nitrogens with one attached hydrogen (secondary N) is 1. The summed E-state index contributed by atoms with van der Waals surface area (Å²) in [5.41, 5.74) is 2.82. The van der Waals surface area contributed by atoms with Crippen molar-refractivity contribution in [1.82, 2.24) is 10.3 Å². The van der Waals surface area contributed by atoms with Crippen molar-refractivity contribution in [3.63, 3.8) is 0 Å². The largest absolute Gasteiger partial charge is 0.486 e. The molecule has 3 heterocycles. The Kier molecular flexibility index (Phi) is 10.2. The number of fused-ring (bicyclic) bond motifs is 1. The van der Waals surface area contributed by atoms with E-state index in [0.29, 0.717) is 23.7 Å². The van der Waals surface area contributed by atoms with Gasteiger partial charge >= 0.3 is 0 Å². The zero-order chi connectivity index (χ0) is 25.9. The van der Waals surface area contributed by atoms with E-state index < -0.39 is 0 Å². The molecular formula is C29H29ClN2O3S. The highest BCUT2D eigenvalue weighted by atomic mass is 35.5. The number of amides is 1. The normalized spacial score (nSPS) is 14.1. The maximum Gasteiger partial charge on any atom is 0.244 e. The quantitative estimate of drug-likeness (QED) is 0.198. The lowest BCUT2D eigenvalue weighted by Crippen LogP contribution is -2.33. The van der Waals surface area contributed by atoms with Crippen molar-refractivity contribution < 1.29 is 14.3 Å². The minimum Gasteiger partial charge on any atom is -0.486 e. The molecule has 0 bridgehead atoms. The van der Waals surface area contributed by atoms with Crippen LogP contribution in [0, 0.1) is 0 Å². The number of ether oxygens (including phenoxy) is 1. The van der Waals surface area contributed by atoms with Crippen LogP contribution in [-0.2, 0) is 11.2 Å². The molecule has 0 radical (unpaired) electrons. The van der Waals surface area contributed by atoms with Gasteiger partial charge in [0.25, 0.3) is 0 Å². The van der Waals surface area contributed by atoms with E-state index in [0.717, 1.165) is 32.9 Å². The molecule has 1 atom stereocenters. The predicted molar refractivity (Wildman–Crippen MR) is 149 cm³/mol. The first-order valence-corrected chi connectivity index (χ1v) is 12.8. The third-order valence-electron chi connectivity index (χ3n) is 5.21. The first kappa shape index (κ1) is 27.1. The minimum absolute atomic E-state index is 0.0511. The lowest BCUT2D eigenvalue weighted by Gasteiger charge is -2.11. The minimum atomic E-state index is -0.194. The molecule has 0 fully saturated rings. The van der Waals surface area contributed by atoms with E-state index in [1.165, 1.54) is 17.4 Å². The molecule has 1 aliphatic rings. The van der Waals surface area contributed by atoms with Crippen LogP contribution in [-0.4, -0.2) is 29.3 Å². The number of ketones is 1. The molecule has 36 heavy (non-hydrogen) atoms. The standard InChI is InChI=1S/C23H19ClN2O3S.C6H10/c1-14(27)20-5-6-21(30-20)16-9-17-10-18(29-23(17)19(24)11-16)13-26-22(28)7-4-15-3-2-8-25-12-15;1-3-5-6-4-2/h2-9,11-12,18H,10,13H2,1H3,(H,26,28);3,5-6H,1,4H2,2H3/b7-4+;6-5+. The van der Waals surface area contributed by atoms with Gasteiger partial charge in [-0.05, 0) is 60.9 Å². The SMILES string of the molecule is C=C/C=C/CC.CC(=O)c1ccc(-c2cc(Cl)c3c(c2)CC(CNC(=O)/C=C/c2cccnc2)O3)s1. The Morgan fingerprint density at radius 2 is 2.14 bits per heavy atom. The second-order valence-corrected chi connectivity index (χ2v) is 9.54. The molecule has 1 N–H and O–H groups in total. The summed E-state index contributed by atoms with van der Waals surface area (Å²) in [6.45, 7) is 7.55. The van der Waals surface area contributed by atoms with E-state index in [1.807, 2.05) is 42.5 Å². The number of aromatic nitrogens is 1. The molecule has 0 spiro atoms. The second kappa shape index (κ2) is 13.6. The Hall–Kier alpha value is -3.48. The van der Waals surface area contributed by atoms with Gasteiger partial charge in [-0.15, -0.1) is 11.3 Å². The summed E-state index contributed by atoms with van der Waals surface area (Å²) in [6.07, 6.45) is 13.9. The molecule has 0 saturated heterocycles. The second-order valence-electron chi connectivity index (χ2n) is 8.05. The highest BCUT2D eigenvalue weighted by Crippen LogP contribution is 2.41. The van der Waals surface area contributed by atoms with Crippen molar-refractivity contribution in [3.8, 4) is 16.2 Å². The summed E-state index contributed by atoms with van der Waals surface area (Å²) in [5.74, 6) is 0.518. The number of pyridine rings is 1. The highest BCUT2D eigenvalue weighted by molar-refractivity contribution is 7.17. The molecule has 1 aromatic carbocycles. The van der Waals surface area contributed by atoms with Crippen molar-refractivity contribution in [2.75, 3.05) is 6.54 Å². The fourth-order valence-electron chi connectivity index (χ4n) is 3.48.